The summed E-state index contributed by atoms with van der Waals surface area (Å²) in [5, 5.41) is 18.3. The predicted octanol–water partition coefficient (Wildman–Crippen LogP) is 3.95. The first-order valence-electron chi connectivity index (χ1n) is 11.6. The number of aryl methyl sites for hydroxylation is 1. The number of alkyl halides is 2. The number of Topliss-reactive ketones (excluding diaryl/α,β-unsaturated/α-hetero) is 1. The van der Waals surface area contributed by atoms with Crippen LogP contribution in [0.25, 0.3) is 11.3 Å². The van der Waals surface area contributed by atoms with Crippen LogP contribution in [0.1, 0.15) is 29.7 Å². The van der Waals surface area contributed by atoms with E-state index in [-0.39, 0.29) is 36.9 Å². The molecule has 0 bridgehead atoms. The molecule has 3 aromatic rings. The van der Waals surface area contributed by atoms with Crippen LogP contribution in [0.2, 0.25) is 0 Å². The molecule has 188 valence electrons. The lowest BCUT2D eigenvalue weighted by molar-refractivity contribution is -0.286. The molecule has 0 spiro atoms. The van der Waals surface area contributed by atoms with Gasteiger partial charge in [0.1, 0.15) is 24.2 Å². The Morgan fingerprint density at radius 3 is 2.50 bits per heavy atom. The molecule has 2 aliphatic rings. The Kier molecular flexibility index (Phi) is 6.13. The van der Waals surface area contributed by atoms with E-state index in [9.17, 15) is 18.7 Å². The van der Waals surface area contributed by atoms with Crippen molar-refractivity contribution >= 4 is 5.78 Å². The van der Waals surface area contributed by atoms with Gasteiger partial charge in [-0.1, -0.05) is 12.1 Å². The van der Waals surface area contributed by atoms with Gasteiger partial charge in [-0.05, 0) is 73.4 Å². The fourth-order valence-electron chi connectivity index (χ4n) is 4.35. The van der Waals surface area contributed by atoms with Crippen molar-refractivity contribution in [2.24, 2.45) is 0 Å². The molecule has 0 radical (unpaired) electrons. The van der Waals surface area contributed by atoms with E-state index >= 15 is 0 Å². The minimum absolute atomic E-state index is 0.0156. The molecule has 5 rings (SSSR count). The van der Waals surface area contributed by atoms with Crippen LogP contribution in [0.15, 0.2) is 54.6 Å². The summed E-state index contributed by atoms with van der Waals surface area (Å²) < 4.78 is 41.3. The van der Waals surface area contributed by atoms with Crippen LogP contribution in [-0.4, -0.2) is 46.6 Å². The van der Waals surface area contributed by atoms with Crippen LogP contribution in [0.5, 0.6) is 17.2 Å². The average Bonchev–Trinajstić information content (AvgIpc) is 3.61. The first-order chi connectivity index (χ1) is 17.2. The SMILES string of the molecule is Cc1ccc(CC(=O)C2(c3ccc4c(c3)OC(F)(F)O4)CC2)nc1-c1ccc(OC[C@H](O)CO)cc1. The van der Waals surface area contributed by atoms with Crippen molar-refractivity contribution < 1.29 is 38.0 Å². The molecule has 1 saturated carbocycles. The third-order valence-electron chi connectivity index (χ3n) is 6.51. The topological polar surface area (TPSA) is 98.1 Å². The lowest BCUT2D eigenvalue weighted by Gasteiger charge is -2.16. The standard InChI is InChI=1S/C27H25F2NO6/c1-16-2-6-19(30-25(16)17-3-7-21(8-4-17)34-15-20(32)14-31)13-24(33)26(10-11-26)18-5-9-22-23(12-18)36-27(28,29)35-22/h2-9,12,20,31-32H,10-11,13-15H2,1H3/t20-/m1/s1. The van der Waals surface area contributed by atoms with Gasteiger partial charge in [0.2, 0.25) is 0 Å². The number of fused-ring (bicyclic) bond motifs is 1. The second-order valence-electron chi connectivity index (χ2n) is 9.15. The highest BCUT2D eigenvalue weighted by atomic mass is 19.3. The number of hydrogen-bond donors (Lipinski definition) is 2. The van der Waals surface area contributed by atoms with E-state index in [0.717, 1.165) is 16.8 Å². The number of benzene rings is 2. The molecule has 0 unspecified atom stereocenters. The largest absolute Gasteiger partial charge is 0.586 e. The zero-order valence-electron chi connectivity index (χ0n) is 19.5. The molecule has 1 atom stereocenters. The Morgan fingerprint density at radius 1 is 1.08 bits per heavy atom. The molecule has 1 fully saturated rings. The van der Waals surface area contributed by atoms with E-state index in [1.165, 1.54) is 12.1 Å². The number of pyridine rings is 1. The summed E-state index contributed by atoms with van der Waals surface area (Å²) in [6.45, 7) is 1.54. The molecule has 36 heavy (non-hydrogen) atoms. The molecule has 1 aliphatic heterocycles. The monoisotopic (exact) mass is 497 g/mol. The van der Waals surface area contributed by atoms with Gasteiger partial charge < -0.3 is 24.4 Å². The number of nitrogens with zero attached hydrogens (tertiary/aromatic N) is 1. The number of halogens is 2. The fraction of sp³-hybridized carbons (Fsp3) is 0.333. The summed E-state index contributed by atoms with van der Waals surface area (Å²) >= 11 is 0. The Hall–Kier alpha value is -3.56. The smallest absolute Gasteiger partial charge is 0.491 e. The van der Waals surface area contributed by atoms with Crippen LogP contribution in [0, 0.1) is 6.92 Å². The summed E-state index contributed by atoms with van der Waals surface area (Å²) in [6, 6.07) is 15.4. The number of ether oxygens (including phenoxy) is 3. The highest BCUT2D eigenvalue weighted by molar-refractivity contribution is 5.94. The third-order valence-corrected chi connectivity index (χ3v) is 6.51. The molecule has 1 aliphatic carbocycles. The maximum atomic E-state index is 13.4. The predicted molar refractivity (Wildman–Crippen MR) is 125 cm³/mol. The molecule has 9 heteroatoms. The Balaban J connectivity index is 1.31. The fourth-order valence-corrected chi connectivity index (χ4v) is 4.35. The average molecular weight is 497 g/mol. The molecule has 2 heterocycles. The summed E-state index contributed by atoms with van der Waals surface area (Å²) in [5.41, 5.74) is 3.04. The van der Waals surface area contributed by atoms with Gasteiger partial charge in [-0.3, -0.25) is 9.78 Å². The van der Waals surface area contributed by atoms with Gasteiger partial charge in [-0.2, -0.15) is 0 Å². The number of aromatic nitrogens is 1. The molecule has 2 aromatic carbocycles. The normalized spacial score (nSPS) is 17.5. The molecule has 0 saturated heterocycles. The van der Waals surface area contributed by atoms with Crippen molar-refractivity contribution in [3.05, 3.63) is 71.4 Å². The molecular weight excluding hydrogens is 472 g/mol. The van der Waals surface area contributed by atoms with Crippen LogP contribution in [-0.2, 0) is 16.6 Å². The lowest BCUT2D eigenvalue weighted by Crippen LogP contribution is -2.26. The quantitative estimate of drug-likeness (QED) is 0.462. The van der Waals surface area contributed by atoms with E-state index < -0.39 is 17.8 Å². The Morgan fingerprint density at radius 2 is 1.81 bits per heavy atom. The maximum Gasteiger partial charge on any atom is 0.586 e. The second-order valence-corrected chi connectivity index (χ2v) is 9.15. The number of hydrogen-bond acceptors (Lipinski definition) is 7. The van der Waals surface area contributed by atoms with Crippen LogP contribution in [0.4, 0.5) is 8.78 Å². The summed E-state index contributed by atoms with van der Waals surface area (Å²) in [5.74, 6) is 0.414. The minimum atomic E-state index is -3.70. The lowest BCUT2D eigenvalue weighted by atomic mass is 9.88. The maximum absolute atomic E-state index is 13.4. The molecule has 7 nitrogen and oxygen atoms in total. The second kappa shape index (κ2) is 9.15. The first kappa shape index (κ1) is 24.1. The van der Waals surface area contributed by atoms with Crippen LogP contribution in [0.3, 0.4) is 0 Å². The zero-order valence-corrected chi connectivity index (χ0v) is 19.5. The molecular formula is C27H25F2NO6. The van der Waals surface area contributed by atoms with Crippen LogP contribution >= 0.6 is 0 Å². The van der Waals surface area contributed by atoms with Gasteiger partial charge >= 0.3 is 6.29 Å². The Labute approximate surface area is 206 Å². The number of carbonyl (C=O) groups excluding carboxylic acids is 1. The van der Waals surface area contributed by atoms with Crippen LogP contribution < -0.4 is 14.2 Å². The van der Waals surface area contributed by atoms with Gasteiger partial charge in [0.25, 0.3) is 0 Å². The zero-order chi connectivity index (χ0) is 25.5. The van der Waals surface area contributed by atoms with E-state index in [1.54, 1.807) is 18.2 Å². The number of aliphatic hydroxyl groups is 2. The summed E-state index contributed by atoms with van der Waals surface area (Å²) in [4.78, 5) is 18.1. The van der Waals surface area contributed by atoms with Gasteiger partial charge in [0.15, 0.2) is 11.5 Å². The number of aliphatic hydroxyl groups excluding tert-OH is 2. The van der Waals surface area contributed by atoms with E-state index in [4.69, 9.17) is 14.8 Å². The Bertz CT molecular complexity index is 1290. The van der Waals surface area contributed by atoms with Crippen molar-refractivity contribution in [3.8, 4) is 28.5 Å². The summed E-state index contributed by atoms with van der Waals surface area (Å²) in [6.07, 6.45) is -3.27. The van der Waals surface area contributed by atoms with Crippen molar-refractivity contribution in [2.75, 3.05) is 13.2 Å². The van der Waals surface area contributed by atoms with Crippen molar-refractivity contribution in [1.29, 1.82) is 0 Å². The van der Waals surface area contributed by atoms with Gasteiger partial charge in [-0.25, -0.2) is 0 Å². The van der Waals surface area contributed by atoms with E-state index in [0.29, 0.717) is 29.8 Å². The van der Waals surface area contributed by atoms with E-state index in [2.05, 4.69) is 9.47 Å². The van der Waals surface area contributed by atoms with Crippen molar-refractivity contribution in [3.63, 3.8) is 0 Å². The molecule has 2 N–H and O–H groups in total. The first-order valence-corrected chi connectivity index (χ1v) is 11.6. The molecule has 1 aromatic heterocycles. The number of rotatable bonds is 9. The van der Waals surface area contributed by atoms with Gasteiger partial charge in [0, 0.05) is 17.7 Å². The molecule has 0 amide bonds. The van der Waals surface area contributed by atoms with Crippen molar-refractivity contribution in [2.45, 2.75) is 44.0 Å². The highest BCUT2D eigenvalue weighted by Crippen LogP contribution is 2.52. The number of ketones is 1. The minimum Gasteiger partial charge on any atom is -0.491 e. The number of carbonyl (C=O) groups is 1. The van der Waals surface area contributed by atoms with Gasteiger partial charge in [0.05, 0.1) is 17.7 Å². The van der Waals surface area contributed by atoms with E-state index in [1.807, 2.05) is 31.2 Å². The van der Waals surface area contributed by atoms with Gasteiger partial charge in [-0.15, -0.1) is 8.78 Å². The summed E-state index contributed by atoms with van der Waals surface area (Å²) in [7, 11) is 0. The third kappa shape index (κ3) is 4.76. The highest BCUT2D eigenvalue weighted by Gasteiger charge is 2.52. The van der Waals surface area contributed by atoms with Crippen molar-refractivity contribution in [1.82, 2.24) is 4.98 Å².